The molecule has 0 aromatic heterocycles. The molecule has 3 heteroatoms. The fourth-order valence-electron chi connectivity index (χ4n) is 4.09. The first-order chi connectivity index (χ1) is 14.5. The van der Waals surface area contributed by atoms with Gasteiger partial charge >= 0.3 is 0 Å². The summed E-state index contributed by atoms with van der Waals surface area (Å²) in [7, 11) is -0.832. The van der Waals surface area contributed by atoms with Gasteiger partial charge in [0.2, 0.25) is 0 Å². The van der Waals surface area contributed by atoms with Gasteiger partial charge in [-0.1, -0.05) is 85.8 Å². The Kier molecular flexibility index (Phi) is 7.45. The molecular weight excluding hydrogens is 385 g/mol. The number of aryl methyl sites for hydroxylation is 1. The highest BCUT2D eigenvalue weighted by Gasteiger charge is 2.29. The van der Waals surface area contributed by atoms with Crippen LogP contribution in [0.1, 0.15) is 50.5 Å². The van der Waals surface area contributed by atoms with Crippen LogP contribution in [0.25, 0.3) is 0 Å². The van der Waals surface area contributed by atoms with Crippen LogP contribution in [0.4, 0.5) is 0 Å². The molecule has 0 fully saturated rings. The van der Waals surface area contributed by atoms with Crippen LogP contribution in [0.15, 0.2) is 78.9 Å². The third kappa shape index (κ3) is 4.65. The molecule has 0 saturated heterocycles. The minimum absolute atomic E-state index is 0.145. The van der Waals surface area contributed by atoms with E-state index in [0.717, 1.165) is 22.9 Å². The zero-order valence-corrected chi connectivity index (χ0v) is 19.6. The van der Waals surface area contributed by atoms with Gasteiger partial charge in [-0.25, -0.2) is 0 Å². The molecule has 30 heavy (non-hydrogen) atoms. The van der Waals surface area contributed by atoms with E-state index >= 15 is 0 Å². The van der Waals surface area contributed by atoms with Gasteiger partial charge in [-0.15, -0.1) is 0 Å². The first-order valence-corrected chi connectivity index (χ1v) is 12.1. The van der Waals surface area contributed by atoms with E-state index in [9.17, 15) is 4.79 Å². The molecule has 0 N–H and O–H groups in total. The molecular formula is C27H32NOP. The van der Waals surface area contributed by atoms with Gasteiger partial charge in [0.25, 0.3) is 5.91 Å². The van der Waals surface area contributed by atoms with Gasteiger partial charge in [-0.3, -0.25) is 4.79 Å². The molecule has 3 aromatic rings. The first kappa shape index (κ1) is 22.2. The van der Waals surface area contributed by atoms with Gasteiger partial charge in [0.15, 0.2) is 0 Å². The zero-order valence-electron chi connectivity index (χ0n) is 18.7. The molecule has 0 aliphatic heterocycles. The molecule has 3 aromatic carbocycles. The van der Waals surface area contributed by atoms with Gasteiger partial charge < -0.3 is 4.90 Å². The SMILES string of the molecule is CCc1cccc(P(c2ccccc2)c2ccccc2)c1C(=O)N(C(C)C)C(C)C. The molecule has 0 bridgehead atoms. The van der Waals surface area contributed by atoms with Crippen LogP contribution in [0.5, 0.6) is 0 Å². The standard InChI is InChI=1S/C27H32NOP/c1-6-22-14-13-19-25(26(22)27(29)28(20(2)3)21(4)5)30(23-15-9-7-10-16-23)24-17-11-8-12-18-24/h7-21H,6H2,1-5H3. The Bertz CT molecular complexity index is 919. The molecule has 0 saturated carbocycles. The third-order valence-electron chi connectivity index (χ3n) is 5.34. The maximum Gasteiger partial charge on any atom is 0.255 e. The minimum atomic E-state index is -0.832. The van der Waals surface area contributed by atoms with E-state index in [1.54, 1.807) is 0 Å². The number of amides is 1. The number of hydrogen-bond acceptors (Lipinski definition) is 1. The number of nitrogens with zero attached hydrogens (tertiary/aromatic N) is 1. The van der Waals surface area contributed by atoms with Crippen LogP contribution in [-0.4, -0.2) is 22.9 Å². The molecule has 0 spiro atoms. The summed E-state index contributed by atoms with van der Waals surface area (Å²) in [5.74, 6) is 0.145. The summed E-state index contributed by atoms with van der Waals surface area (Å²) in [4.78, 5) is 15.9. The fraction of sp³-hybridized carbons (Fsp3) is 0.296. The van der Waals surface area contributed by atoms with Gasteiger partial charge in [0, 0.05) is 12.1 Å². The summed E-state index contributed by atoms with van der Waals surface area (Å²) >= 11 is 0. The van der Waals surface area contributed by atoms with E-state index in [-0.39, 0.29) is 18.0 Å². The van der Waals surface area contributed by atoms with Gasteiger partial charge in [-0.05, 0) is 63.5 Å². The van der Waals surface area contributed by atoms with Crippen molar-refractivity contribution in [3.05, 3.63) is 90.0 Å². The maximum absolute atomic E-state index is 13.9. The molecule has 0 aliphatic rings. The summed E-state index contributed by atoms with van der Waals surface area (Å²) in [5, 5.41) is 3.68. The Balaban J connectivity index is 2.26. The second-order valence-corrected chi connectivity index (χ2v) is 10.3. The second-order valence-electron chi connectivity index (χ2n) is 8.07. The van der Waals surface area contributed by atoms with Crippen LogP contribution in [-0.2, 0) is 6.42 Å². The Morgan fingerprint density at radius 1 is 0.767 bits per heavy atom. The smallest absolute Gasteiger partial charge is 0.255 e. The first-order valence-electron chi connectivity index (χ1n) is 10.8. The van der Waals surface area contributed by atoms with Crippen molar-refractivity contribution >= 4 is 29.7 Å². The third-order valence-corrected chi connectivity index (χ3v) is 7.82. The Morgan fingerprint density at radius 3 is 1.70 bits per heavy atom. The van der Waals surface area contributed by atoms with Crippen molar-refractivity contribution in [2.24, 2.45) is 0 Å². The lowest BCUT2D eigenvalue weighted by molar-refractivity contribution is 0.0644. The zero-order chi connectivity index (χ0) is 21.7. The maximum atomic E-state index is 13.9. The number of rotatable bonds is 7. The average Bonchev–Trinajstić information content (AvgIpc) is 2.74. The highest BCUT2D eigenvalue weighted by Crippen LogP contribution is 2.35. The van der Waals surface area contributed by atoms with Crippen molar-refractivity contribution < 1.29 is 4.79 Å². The molecule has 0 aliphatic carbocycles. The normalized spacial score (nSPS) is 11.3. The quantitative estimate of drug-likeness (QED) is 0.480. The Morgan fingerprint density at radius 2 is 1.27 bits per heavy atom. The van der Waals surface area contributed by atoms with Crippen LogP contribution >= 0.6 is 7.92 Å². The molecule has 0 radical (unpaired) electrons. The van der Waals surface area contributed by atoms with E-state index in [1.165, 1.54) is 10.6 Å². The highest BCUT2D eigenvalue weighted by atomic mass is 31.1. The van der Waals surface area contributed by atoms with E-state index in [0.29, 0.717) is 0 Å². The number of carbonyl (C=O) groups excluding carboxylic acids is 1. The van der Waals surface area contributed by atoms with Crippen LogP contribution < -0.4 is 15.9 Å². The summed E-state index contributed by atoms with van der Waals surface area (Å²) in [6.07, 6.45) is 0.839. The van der Waals surface area contributed by atoms with Crippen LogP contribution in [0.2, 0.25) is 0 Å². The number of benzene rings is 3. The molecule has 0 heterocycles. The molecule has 0 unspecified atom stereocenters. The van der Waals surface area contributed by atoms with Crippen molar-refractivity contribution in [3.63, 3.8) is 0 Å². The van der Waals surface area contributed by atoms with Gasteiger partial charge in [0.05, 0.1) is 5.56 Å². The molecule has 1 amide bonds. The minimum Gasteiger partial charge on any atom is -0.334 e. The van der Waals surface area contributed by atoms with Gasteiger partial charge in [-0.2, -0.15) is 0 Å². The van der Waals surface area contributed by atoms with E-state index < -0.39 is 7.92 Å². The summed E-state index contributed by atoms with van der Waals surface area (Å²) in [5.41, 5.74) is 2.02. The summed E-state index contributed by atoms with van der Waals surface area (Å²) in [6, 6.07) is 27.9. The lowest BCUT2D eigenvalue weighted by Gasteiger charge is -2.33. The molecule has 0 atom stereocenters. The van der Waals surface area contributed by atoms with Crippen molar-refractivity contribution in [1.82, 2.24) is 4.90 Å². The fourth-order valence-corrected chi connectivity index (χ4v) is 6.58. The monoisotopic (exact) mass is 417 g/mol. The van der Waals surface area contributed by atoms with E-state index in [4.69, 9.17) is 0 Å². The Labute approximate surface area is 182 Å². The number of hydrogen-bond donors (Lipinski definition) is 0. The van der Waals surface area contributed by atoms with Gasteiger partial charge in [0.1, 0.15) is 0 Å². The van der Waals surface area contributed by atoms with Crippen molar-refractivity contribution in [2.75, 3.05) is 0 Å². The largest absolute Gasteiger partial charge is 0.334 e. The van der Waals surface area contributed by atoms with Crippen molar-refractivity contribution in [3.8, 4) is 0 Å². The predicted molar refractivity (Wildman–Crippen MR) is 131 cm³/mol. The lowest BCUT2D eigenvalue weighted by atomic mass is 10.0. The predicted octanol–water partition coefficient (Wildman–Crippen LogP) is 5.27. The van der Waals surface area contributed by atoms with Crippen LogP contribution in [0, 0.1) is 0 Å². The lowest BCUT2D eigenvalue weighted by Crippen LogP contribution is -2.44. The van der Waals surface area contributed by atoms with Crippen molar-refractivity contribution in [1.29, 1.82) is 0 Å². The Hall–Kier alpha value is -2.44. The molecule has 2 nitrogen and oxygen atoms in total. The second kappa shape index (κ2) is 10.0. The van der Waals surface area contributed by atoms with E-state index in [1.807, 2.05) is 4.90 Å². The van der Waals surface area contributed by atoms with Crippen LogP contribution in [0.3, 0.4) is 0 Å². The molecule has 156 valence electrons. The average molecular weight is 418 g/mol. The summed E-state index contributed by atoms with van der Waals surface area (Å²) < 4.78 is 0. The highest BCUT2D eigenvalue weighted by molar-refractivity contribution is 7.80. The summed E-state index contributed by atoms with van der Waals surface area (Å²) in [6.45, 7) is 10.5. The number of carbonyl (C=O) groups is 1. The molecule has 3 rings (SSSR count). The van der Waals surface area contributed by atoms with E-state index in [2.05, 4.69) is 113 Å². The topological polar surface area (TPSA) is 20.3 Å². The van der Waals surface area contributed by atoms with Crippen molar-refractivity contribution in [2.45, 2.75) is 53.1 Å².